The van der Waals surface area contributed by atoms with Gasteiger partial charge in [-0.2, -0.15) is 11.8 Å². The molecule has 2 heterocycles. The smallest absolute Gasteiger partial charge is 0.166 e. The summed E-state index contributed by atoms with van der Waals surface area (Å²) < 4.78 is 24.7. The third-order valence-electron chi connectivity index (χ3n) is 5.03. The van der Waals surface area contributed by atoms with E-state index in [0.717, 1.165) is 44.1 Å². The zero-order valence-electron chi connectivity index (χ0n) is 12.9. The Morgan fingerprint density at radius 3 is 2.75 bits per heavy atom. The lowest BCUT2D eigenvalue weighted by molar-refractivity contribution is 0.115. The van der Waals surface area contributed by atoms with Crippen LogP contribution in [0.1, 0.15) is 27.2 Å². The van der Waals surface area contributed by atoms with Crippen LogP contribution in [0, 0.1) is 11.3 Å². The van der Waals surface area contributed by atoms with Crippen LogP contribution < -0.4 is 5.32 Å². The Labute approximate surface area is 128 Å². The molecule has 4 nitrogen and oxygen atoms in total. The number of sulfone groups is 1. The van der Waals surface area contributed by atoms with E-state index < -0.39 is 9.84 Å². The molecule has 2 fully saturated rings. The minimum absolute atomic E-state index is 0.240. The highest BCUT2D eigenvalue weighted by Crippen LogP contribution is 2.37. The molecule has 0 aliphatic carbocycles. The van der Waals surface area contributed by atoms with Gasteiger partial charge in [-0.1, -0.05) is 20.8 Å². The van der Waals surface area contributed by atoms with E-state index in [1.165, 1.54) is 0 Å². The maximum atomic E-state index is 12.3. The normalized spacial score (nSPS) is 32.9. The summed E-state index contributed by atoms with van der Waals surface area (Å²) in [6, 6.07) is 0. The average Bonchev–Trinajstić information content (AvgIpc) is 2.89. The molecule has 118 valence electrons. The Kier molecular flexibility index (Phi) is 5.43. The fraction of sp³-hybridized carbons (Fsp3) is 1.00. The van der Waals surface area contributed by atoms with Crippen molar-refractivity contribution in [2.75, 3.05) is 43.4 Å². The molecule has 6 heteroatoms. The summed E-state index contributed by atoms with van der Waals surface area (Å²) in [6.45, 7) is 10.2. The SMILES string of the molecule is CCS(=O)(=O)C1CSCCN1CC1(C(C)C)CCNC1. The van der Waals surface area contributed by atoms with Gasteiger partial charge in [0.1, 0.15) is 5.37 Å². The van der Waals surface area contributed by atoms with Gasteiger partial charge in [-0.3, -0.25) is 4.90 Å². The molecule has 0 aromatic carbocycles. The molecule has 0 radical (unpaired) electrons. The van der Waals surface area contributed by atoms with Crippen molar-refractivity contribution in [3.8, 4) is 0 Å². The van der Waals surface area contributed by atoms with E-state index in [1.807, 2.05) is 0 Å². The Morgan fingerprint density at radius 1 is 1.45 bits per heavy atom. The van der Waals surface area contributed by atoms with Crippen LogP contribution in [0.2, 0.25) is 0 Å². The molecule has 2 aliphatic heterocycles. The molecule has 2 rings (SSSR count). The second-order valence-corrected chi connectivity index (χ2v) is 9.99. The number of hydrogen-bond donors (Lipinski definition) is 1. The van der Waals surface area contributed by atoms with Gasteiger partial charge in [0.2, 0.25) is 0 Å². The first-order valence-corrected chi connectivity index (χ1v) is 10.5. The summed E-state index contributed by atoms with van der Waals surface area (Å²) in [7, 11) is -2.98. The van der Waals surface area contributed by atoms with Gasteiger partial charge in [0.25, 0.3) is 0 Å². The highest BCUT2D eigenvalue weighted by Gasteiger charge is 2.42. The first-order chi connectivity index (χ1) is 9.41. The molecule has 2 aliphatic rings. The summed E-state index contributed by atoms with van der Waals surface area (Å²) in [5.41, 5.74) is 0.240. The molecular weight excluding hydrogens is 292 g/mol. The molecule has 0 aromatic rings. The van der Waals surface area contributed by atoms with Crippen molar-refractivity contribution in [3.63, 3.8) is 0 Å². The second kappa shape index (κ2) is 6.55. The van der Waals surface area contributed by atoms with Gasteiger partial charge >= 0.3 is 0 Å². The summed E-state index contributed by atoms with van der Waals surface area (Å²) >= 11 is 1.78. The molecule has 0 aromatic heterocycles. The van der Waals surface area contributed by atoms with Crippen molar-refractivity contribution >= 4 is 21.6 Å². The van der Waals surface area contributed by atoms with Crippen LogP contribution in [0.3, 0.4) is 0 Å². The minimum atomic E-state index is -2.98. The zero-order valence-corrected chi connectivity index (χ0v) is 14.5. The standard InChI is InChI=1S/C14H28N2O2S2/c1-4-20(17,18)13-9-19-8-7-16(13)11-14(12(2)3)5-6-15-10-14/h12-13,15H,4-11H2,1-3H3. The van der Waals surface area contributed by atoms with Crippen molar-refractivity contribution in [1.29, 1.82) is 0 Å². The summed E-state index contributed by atoms with van der Waals surface area (Å²) in [5.74, 6) is 2.62. The van der Waals surface area contributed by atoms with E-state index in [4.69, 9.17) is 0 Å². The monoisotopic (exact) mass is 320 g/mol. The lowest BCUT2D eigenvalue weighted by atomic mass is 9.76. The molecule has 1 N–H and O–H groups in total. The Bertz CT molecular complexity index is 417. The third-order valence-corrected chi connectivity index (χ3v) is 8.36. The third kappa shape index (κ3) is 3.34. The first-order valence-electron chi connectivity index (χ1n) is 7.65. The van der Waals surface area contributed by atoms with E-state index in [1.54, 1.807) is 18.7 Å². The average molecular weight is 321 g/mol. The first kappa shape index (κ1) is 16.6. The van der Waals surface area contributed by atoms with E-state index in [-0.39, 0.29) is 16.5 Å². The summed E-state index contributed by atoms with van der Waals surface area (Å²) in [6.07, 6.45) is 1.16. The van der Waals surface area contributed by atoms with Crippen LogP contribution >= 0.6 is 11.8 Å². The summed E-state index contributed by atoms with van der Waals surface area (Å²) in [4.78, 5) is 2.25. The van der Waals surface area contributed by atoms with Crippen molar-refractivity contribution in [3.05, 3.63) is 0 Å². The number of thioether (sulfide) groups is 1. The Balaban J connectivity index is 2.16. The van der Waals surface area contributed by atoms with Crippen LogP contribution in [0.15, 0.2) is 0 Å². The maximum absolute atomic E-state index is 12.3. The van der Waals surface area contributed by atoms with Gasteiger partial charge in [0, 0.05) is 36.9 Å². The van der Waals surface area contributed by atoms with Crippen molar-refractivity contribution in [2.24, 2.45) is 11.3 Å². The number of nitrogens with zero attached hydrogens (tertiary/aromatic N) is 1. The van der Waals surface area contributed by atoms with Gasteiger partial charge in [0.15, 0.2) is 9.84 Å². The van der Waals surface area contributed by atoms with Crippen LogP contribution in [-0.2, 0) is 9.84 Å². The van der Waals surface area contributed by atoms with Crippen LogP contribution in [0.25, 0.3) is 0 Å². The van der Waals surface area contributed by atoms with E-state index in [0.29, 0.717) is 5.92 Å². The second-order valence-electron chi connectivity index (χ2n) is 6.40. The van der Waals surface area contributed by atoms with Crippen molar-refractivity contribution in [2.45, 2.75) is 32.6 Å². The van der Waals surface area contributed by atoms with E-state index in [9.17, 15) is 8.42 Å². The van der Waals surface area contributed by atoms with Crippen LogP contribution in [0.4, 0.5) is 0 Å². The molecule has 2 saturated heterocycles. The van der Waals surface area contributed by atoms with Crippen LogP contribution in [-0.4, -0.2) is 62.1 Å². The number of hydrogen-bond acceptors (Lipinski definition) is 5. The highest BCUT2D eigenvalue weighted by atomic mass is 32.2. The molecule has 0 amide bonds. The van der Waals surface area contributed by atoms with Gasteiger partial charge in [-0.25, -0.2) is 8.42 Å². The predicted octanol–water partition coefficient (Wildman–Crippen LogP) is 1.43. The Morgan fingerprint density at radius 2 is 2.20 bits per heavy atom. The quantitative estimate of drug-likeness (QED) is 0.830. The van der Waals surface area contributed by atoms with Crippen molar-refractivity contribution < 1.29 is 8.42 Å². The van der Waals surface area contributed by atoms with Gasteiger partial charge in [-0.15, -0.1) is 0 Å². The van der Waals surface area contributed by atoms with Gasteiger partial charge in [0.05, 0.1) is 0 Å². The summed E-state index contributed by atoms with van der Waals surface area (Å²) in [5, 5.41) is 3.19. The predicted molar refractivity (Wildman–Crippen MR) is 86.9 cm³/mol. The topological polar surface area (TPSA) is 49.4 Å². The maximum Gasteiger partial charge on any atom is 0.166 e. The van der Waals surface area contributed by atoms with Gasteiger partial charge in [-0.05, 0) is 24.3 Å². The largest absolute Gasteiger partial charge is 0.316 e. The lowest BCUT2D eigenvalue weighted by Gasteiger charge is -2.42. The minimum Gasteiger partial charge on any atom is -0.316 e. The molecule has 2 atom stereocenters. The fourth-order valence-electron chi connectivity index (χ4n) is 3.30. The molecule has 2 unspecified atom stereocenters. The lowest BCUT2D eigenvalue weighted by Crippen LogP contribution is -2.53. The van der Waals surface area contributed by atoms with Crippen LogP contribution in [0.5, 0.6) is 0 Å². The molecule has 0 saturated carbocycles. The van der Waals surface area contributed by atoms with E-state index in [2.05, 4.69) is 24.1 Å². The van der Waals surface area contributed by atoms with Gasteiger partial charge < -0.3 is 5.32 Å². The molecule has 0 spiro atoms. The fourth-order valence-corrected chi connectivity index (χ4v) is 6.38. The Hall–Kier alpha value is 0.220. The number of rotatable bonds is 5. The van der Waals surface area contributed by atoms with Crippen molar-refractivity contribution in [1.82, 2.24) is 10.2 Å². The molecular formula is C14H28N2O2S2. The highest BCUT2D eigenvalue weighted by molar-refractivity contribution is 8.01. The van der Waals surface area contributed by atoms with E-state index >= 15 is 0 Å². The molecule has 20 heavy (non-hydrogen) atoms. The number of nitrogens with one attached hydrogen (secondary N) is 1. The zero-order chi connectivity index (χ0) is 14.8. The molecule has 0 bridgehead atoms.